The third kappa shape index (κ3) is 5.26. The molecule has 0 spiro atoms. The second-order valence-corrected chi connectivity index (χ2v) is 11.1. The minimum atomic E-state index is -3.65. The highest BCUT2D eigenvalue weighted by atomic mass is 32.2. The Morgan fingerprint density at radius 2 is 1.70 bits per heavy atom. The van der Waals surface area contributed by atoms with E-state index >= 15 is 0 Å². The third-order valence-corrected chi connectivity index (χ3v) is 8.25. The first-order valence-electron chi connectivity index (χ1n) is 11.2. The SMILES string of the molecule is CS(=O)(=O)N(CCN1[C@@H]2CC[C@H]1CC(c1cccc(C(N)=O)c1)C2)Cc1c(F)cccc1F. The normalized spacial score (nSPS) is 23.2. The van der Waals surface area contributed by atoms with Crippen LogP contribution in [0, 0.1) is 11.6 Å². The van der Waals surface area contributed by atoms with E-state index in [1.165, 1.54) is 6.07 Å². The number of amides is 1. The molecule has 2 fully saturated rings. The number of primary amides is 1. The molecule has 33 heavy (non-hydrogen) atoms. The van der Waals surface area contributed by atoms with Crippen LogP contribution in [0.2, 0.25) is 0 Å². The van der Waals surface area contributed by atoms with Crippen LogP contribution in [-0.2, 0) is 16.6 Å². The topological polar surface area (TPSA) is 83.7 Å². The zero-order valence-corrected chi connectivity index (χ0v) is 19.4. The van der Waals surface area contributed by atoms with Gasteiger partial charge in [0.25, 0.3) is 0 Å². The highest BCUT2D eigenvalue weighted by Gasteiger charge is 2.41. The fraction of sp³-hybridized carbons (Fsp3) is 0.458. The van der Waals surface area contributed by atoms with Crippen molar-refractivity contribution >= 4 is 15.9 Å². The maximum Gasteiger partial charge on any atom is 0.248 e. The van der Waals surface area contributed by atoms with E-state index in [2.05, 4.69) is 4.90 Å². The predicted molar refractivity (Wildman–Crippen MR) is 122 cm³/mol. The number of piperidine rings is 1. The number of nitrogens with zero attached hydrogens (tertiary/aromatic N) is 2. The van der Waals surface area contributed by atoms with Gasteiger partial charge in [0.05, 0.1) is 6.26 Å². The molecule has 2 saturated heterocycles. The maximum absolute atomic E-state index is 14.1. The van der Waals surface area contributed by atoms with E-state index in [0.717, 1.165) is 53.9 Å². The number of carbonyl (C=O) groups is 1. The van der Waals surface area contributed by atoms with Gasteiger partial charge in [-0.1, -0.05) is 18.2 Å². The summed E-state index contributed by atoms with van der Waals surface area (Å²) in [6, 6.07) is 11.6. The van der Waals surface area contributed by atoms with Crippen LogP contribution in [0.5, 0.6) is 0 Å². The molecule has 2 aromatic rings. The standard InChI is InChI=1S/C24H29F2N3O3S/c1-33(31,32)28(15-21-22(25)6-3-7-23(21)26)10-11-29-19-8-9-20(29)14-18(13-19)16-4-2-5-17(12-16)24(27)30/h2-7,12,18-20H,8-11,13-15H2,1H3,(H2,27,30)/t18?,19-,20+. The smallest absolute Gasteiger partial charge is 0.248 e. The lowest BCUT2D eigenvalue weighted by atomic mass is 9.84. The van der Waals surface area contributed by atoms with Crippen molar-refractivity contribution in [3.05, 3.63) is 70.8 Å². The van der Waals surface area contributed by atoms with Crippen LogP contribution in [0.15, 0.2) is 42.5 Å². The Morgan fingerprint density at radius 3 is 2.27 bits per heavy atom. The molecule has 0 aromatic heterocycles. The number of sulfonamides is 1. The van der Waals surface area contributed by atoms with Crippen LogP contribution in [0.4, 0.5) is 8.78 Å². The molecule has 2 N–H and O–H groups in total. The van der Waals surface area contributed by atoms with Crippen molar-refractivity contribution in [1.29, 1.82) is 0 Å². The molecule has 2 bridgehead atoms. The number of nitrogens with two attached hydrogens (primary N) is 1. The van der Waals surface area contributed by atoms with Gasteiger partial charge in [-0.3, -0.25) is 9.69 Å². The second kappa shape index (κ2) is 9.48. The largest absolute Gasteiger partial charge is 0.366 e. The van der Waals surface area contributed by atoms with Gasteiger partial charge in [0, 0.05) is 42.8 Å². The molecule has 0 saturated carbocycles. The van der Waals surface area contributed by atoms with Crippen LogP contribution in [0.1, 0.15) is 53.1 Å². The predicted octanol–water partition coefficient (Wildman–Crippen LogP) is 3.24. The number of carbonyl (C=O) groups excluding carboxylic acids is 1. The zero-order valence-electron chi connectivity index (χ0n) is 18.6. The first kappa shape index (κ1) is 23.8. The van der Waals surface area contributed by atoms with E-state index in [9.17, 15) is 22.0 Å². The van der Waals surface area contributed by atoms with Crippen LogP contribution in [0.25, 0.3) is 0 Å². The van der Waals surface area contributed by atoms with Gasteiger partial charge >= 0.3 is 0 Å². The van der Waals surface area contributed by atoms with Gasteiger partial charge < -0.3 is 5.73 Å². The molecule has 0 radical (unpaired) electrons. The molecule has 2 aromatic carbocycles. The van der Waals surface area contributed by atoms with Gasteiger partial charge in [-0.2, -0.15) is 4.31 Å². The first-order valence-corrected chi connectivity index (χ1v) is 13.0. The summed E-state index contributed by atoms with van der Waals surface area (Å²) >= 11 is 0. The summed E-state index contributed by atoms with van der Waals surface area (Å²) in [4.78, 5) is 13.9. The van der Waals surface area contributed by atoms with Crippen molar-refractivity contribution < 1.29 is 22.0 Å². The van der Waals surface area contributed by atoms with E-state index in [4.69, 9.17) is 5.73 Å². The summed E-state index contributed by atoms with van der Waals surface area (Å²) in [7, 11) is -3.65. The third-order valence-electron chi connectivity index (χ3n) is 7.00. The molecule has 2 aliphatic rings. The molecule has 6 nitrogen and oxygen atoms in total. The molecule has 1 amide bonds. The van der Waals surface area contributed by atoms with E-state index in [0.29, 0.717) is 30.1 Å². The lowest BCUT2D eigenvalue weighted by Gasteiger charge is -2.40. The number of halogens is 2. The summed E-state index contributed by atoms with van der Waals surface area (Å²) in [5.74, 6) is -1.62. The Balaban J connectivity index is 1.44. The molecule has 0 aliphatic carbocycles. The lowest BCUT2D eigenvalue weighted by Crippen LogP contribution is -2.46. The fourth-order valence-electron chi connectivity index (χ4n) is 5.31. The molecule has 178 valence electrons. The summed E-state index contributed by atoms with van der Waals surface area (Å²) in [6.45, 7) is 0.344. The van der Waals surface area contributed by atoms with Crippen molar-refractivity contribution in [3.63, 3.8) is 0 Å². The Labute approximate surface area is 193 Å². The minimum absolute atomic E-state index is 0.168. The van der Waals surface area contributed by atoms with Crippen LogP contribution in [-0.4, -0.2) is 55.0 Å². The van der Waals surface area contributed by atoms with E-state index in [1.54, 1.807) is 6.07 Å². The van der Waals surface area contributed by atoms with Crippen molar-refractivity contribution in [2.75, 3.05) is 19.3 Å². The number of benzene rings is 2. The quantitative estimate of drug-likeness (QED) is 0.633. The molecule has 1 unspecified atom stereocenters. The first-order chi connectivity index (χ1) is 15.6. The molecule has 4 rings (SSSR count). The average molecular weight is 478 g/mol. The average Bonchev–Trinajstić information content (AvgIpc) is 2.99. The maximum atomic E-state index is 14.1. The fourth-order valence-corrected chi connectivity index (χ4v) is 6.08. The van der Waals surface area contributed by atoms with Crippen molar-refractivity contribution in [3.8, 4) is 0 Å². The summed E-state index contributed by atoms with van der Waals surface area (Å²) in [6.07, 6.45) is 4.95. The van der Waals surface area contributed by atoms with E-state index in [1.807, 2.05) is 18.2 Å². The Bertz CT molecular complexity index is 1110. The second-order valence-electron chi connectivity index (χ2n) is 9.08. The number of fused-ring (bicyclic) bond motifs is 2. The summed E-state index contributed by atoms with van der Waals surface area (Å²) < 4.78 is 54.1. The molecule has 2 aliphatic heterocycles. The van der Waals surface area contributed by atoms with Gasteiger partial charge in [-0.05, 0) is 61.4 Å². The van der Waals surface area contributed by atoms with Crippen molar-refractivity contribution in [1.82, 2.24) is 9.21 Å². The van der Waals surface area contributed by atoms with Gasteiger partial charge in [0.1, 0.15) is 11.6 Å². The van der Waals surface area contributed by atoms with E-state index in [-0.39, 0.29) is 18.7 Å². The summed E-state index contributed by atoms with van der Waals surface area (Å²) in [5.41, 5.74) is 6.81. The Hall–Kier alpha value is -2.36. The molecule has 9 heteroatoms. The lowest BCUT2D eigenvalue weighted by molar-refractivity contribution is 0.0999. The van der Waals surface area contributed by atoms with E-state index < -0.39 is 27.6 Å². The van der Waals surface area contributed by atoms with Gasteiger partial charge in [-0.25, -0.2) is 17.2 Å². The Kier molecular flexibility index (Phi) is 6.83. The van der Waals surface area contributed by atoms with Gasteiger partial charge in [-0.15, -0.1) is 0 Å². The number of hydrogen-bond acceptors (Lipinski definition) is 4. The highest BCUT2D eigenvalue weighted by Crippen LogP contribution is 2.43. The van der Waals surface area contributed by atoms with Gasteiger partial charge in [0.2, 0.25) is 15.9 Å². The van der Waals surface area contributed by atoms with Crippen LogP contribution >= 0.6 is 0 Å². The minimum Gasteiger partial charge on any atom is -0.366 e. The Morgan fingerprint density at radius 1 is 1.09 bits per heavy atom. The van der Waals surface area contributed by atoms with Crippen LogP contribution < -0.4 is 5.73 Å². The van der Waals surface area contributed by atoms with Crippen molar-refractivity contribution in [2.24, 2.45) is 5.73 Å². The molecule has 2 heterocycles. The number of hydrogen-bond donors (Lipinski definition) is 1. The molecular formula is C24H29F2N3O3S. The van der Waals surface area contributed by atoms with Crippen LogP contribution in [0.3, 0.4) is 0 Å². The molecular weight excluding hydrogens is 448 g/mol. The molecule has 3 atom stereocenters. The zero-order chi connectivity index (χ0) is 23.8. The summed E-state index contributed by atoms with van der Waals surface area (Å²) in [5, 5.41) is 0. The number of rotatable bonds is 8. The van der Waals surface area contributed by atoms with Crippen molar-refractivity contribution in [2.45, 2.75) is 50.2 Å². The monoisotopic (exact) mass is 477 g/mol. The van der Waals surface area contributed by atoms with Gasteiger partial charge in [0.15, 0.2) is 0 Å². The highest BCUT2D eigenvalue weighted by molar-refractivity contribution is 7.88.